The van der Waals surface area contributed by atoms with Gasteiger partial charge in [-0.1, -0.05) is 59.6 Å². The Kier molecular flexibility index (Phi) is 10.2. The fourth-order valence-electron chi connectivity index (χ4n) is 3.02. The lowest BCUT2D eigenvalue weighted by Crippen LogP contribution is -2.42. The van der Waals surface area contributed by atoms with E-state index >= 15 is 0 Å². The highest BCUT2D eigenvalue weighted by Crippen LogP contribution is 2.35. The molecule has 0 fully saturated rings. The van der Waals surface area contributed by atoms with E-state index in [9.17, 15) is 24.8 Å². The first kappa shape index (κ1) is 26.2. The second-order valence-corrected chi connectivity index (χ2v) is 7.92. The molecule has 0 saturated heterocycles. The lowest BCUT2D eigenvalue weighted by Gasteiger charge is -2.15. The number of ether oxygens (including phenoxy) is 1. The van der Waals surface area contributed by atoms with Gasteiger partial charge in [-0.05, 0) is 36.6 Å². The standard InChI is InChI=1S/C23H24Cl2N2O6/c1-2-17(27(31)32)14-16-10-11-19(22(25)21(16)24)33-12-6-9-20(28)26-18(23(29)30)13-15-7-4-3-5-8-15/h2-5,7-8,10-11,18H,6,9,12-14H2,1H3,(H,26,28)(H,29,30)/b17-2-/t18-/m0/s1. The van der Waals surface area contributed by atoms with Crippen molar-refractivity contribution in [2.45, 2.75) is 38.6 Å². The monoisotopic (exact) mass is 494 g/mol. The summed E-state index contributed by atoms with van der Waals surface area (Å²) in [7, 11) is 0. The second-order valence-electron chi connectivity index (χ2n) is 7.16. The average molecular weight is 495 g/mol. The van der Waals surface area contributed by atoms with Crippen molar-refractivity contribution in [1.29, 1.82) is 0 Å². The first-order valence-corrected chi connectivity index (χ1v) is 10.9. The topological polar surface area (TPSA) is 119 Å². The van der Waals surface area contributed by atoms with Gasteiger partial charge in [0.2, 0.25) is 11.6 Å². The number of nitrogens with one attached hydrogen (secondary N) is 1. The molecule has 0 unspecified atom stereocenters. The largest absolute Gasteiger partial charge is 0.492 e. The van der Waals surface area contributed by atoms with Gasteiger partial charge in [0.25, 0.3) is 0 Å². The summed E-state index contributed by atoms with van der Waals surface area (Å²) in [4.78, 5) is 34.2. The van der Waals surface area contributed by atoms with Crippen molar-refractivity contribution in [3.05, 3.63) is 85.5 Å². The SMILES string of the molecule is C/C=C(/Cc1ccc(OCCCC(=O)N[C@@H](Cc2ccccc2)C(=O)O)c(Cl)c1Cl)[N+](=O)[O-]. The molecule has 176 valence electrons. The summed E-state index contributed by atoms with van der Waals surface area (Å²) in [6.45, 7) is 1.72. The summed E-state index contributed by atoms with van der Waals surface area (Å²) in [5.41, 5.74) is 1.30. The number of carboxylic acid groups (broad SMARTS) is 1. The van der Waals surface area contributed by atoms with E-state index in [4.69, 9.17) is 27.9 Å². The zero-order chi connectivity index (χ0) is 24.4. The van der Waals surface area contributed by atoms with Crippen LogP contribution in [0.25, 0.3) is 0 Å². The van der Waals surface area contributed by atoms with E-state index < -0.39 is 22.8 Å². The Hall–Kier alpha value is -3.10. The zero-order valence-corrected chi connectivity index (χ0v) is 19.4. The van der Waals surface area contributed by atoms with E-state index in [2.05, 4.69) is 5.32 Å². The Bertz CT molecular complexity index is 1030. The highest BCUT2D eigenvalue weighted by molar-refractivity contribution is 6.43. The molecule has 0 aliphatic rings. The van der Waals surface area contributed by atoms with Gasteiger partial charge in [0.05, 0.1) is 23.0 Å². The quantitative estimate of drug-likeness (QED) is 0.251. The molecule has 2 aromatic rings. The maximum atomic E-state index is 12.2. The van der Waals surface area contributed by atoms with Crippen LogP contribution in [0, 0.1) is 10.1 Å². The maximum Gasteiger partial charge on any atom is 0.326 e. The number of hydrogen-bond acceptors (Lipinski definition) is 5. The number of carboxylic acids is 1. The van der Waals surface area contributed by atoms with E-state index in [1.54, 1.807) is 43.3 Å². The smallest absolute Gasteiger partial charge is 0.326 e. The van der Waals surface area contributed by atoms with Crippen molar-refractivity contribution < 1.29 is 24.4 Å². The number of nitrogens with zero attached hydrogens (tertiary/aromatic N) is 1. The summed E-state index contributed by atoms with van der Waals surface area (Å²) in [5.74, 6) is -1.22. The van der Waals surface area contributed by atoms with Crippen molar-refractivity contribution in [2.75, 3.05) is 6.61 Å². The van der Waals surface area contributed by atoms with Gasteiger partial charge in [0.1, 0.15) is 16.8 Å². The Labute approximate surface area is 201 Å². The van der Waals surface area contributed by atoms with E-state index in [0.29, 0.717) is 17.7 Å². The van der Waals surface area contributed by atoms with Crippen LogP contribution in [0.5, 0.6) is 5.75 Å². The number of rotatable bonds is 12. The molecule has 2 rings (SSSR count). The first-order chi connectivity index (χ1) is 15.7. The van der Waals surface area contributed by atoms with E-state index in [-0.39, 0.29) is 41.6 Å². The van der Waals surface area contributed by atoms with Crippen LogP contribution in [0.15, 0.2) is 54.2 Å². The Morgan fingerprint density at radius 1 is 1.18 bits per heavy atom. The number of aliphatic carboxylic acids is 1. The number of hydrogen-bond donors (Lipinski definition) is 2. The molecular formula is C23H24Cl2N2O6. The summed E-state index contributed by atoms with van der Waals surface area (Å²) in [6.07, 6.45) is 1.99. The molecule has 0 saturated carbocycles. The minimum absolute atomic E-state index is 0.000392. The Morgan fingerprint density at radius 3 is 2.48 bits per heavy atom. The minimum Gasteiger partial charge on any atom is -0.492 e. The van der Waals surface area contributed by atoms with E-state index in [1.807, 2.05) is 6.07 Å². The third-order valence-electron chi connectivity index (χ3n) is 4.79. The molecule has 1 amide bonds. The molecule has 33 heavy (non-hydrogen) atoms. The molecule has 2 N–H and O–H groups in total. The first-order valence-electron chi connectivity index (χ1n) is 10.2. The van der Waals surface area contributed by atoms with E-state index in [1.165, 1.54) is 6.08 Å². The van der Waals surface area contributed by atoms with Gasteiger partial charge in [0, 0.05) is 12.8 Å². The van der Waals surface area contributed by atoms with Gasteiger partial charge in [-0.25, -0.2) is 4.79 Å². The molecule has 10 heteroatoms. The van der Waals surface area contributed by atoms with Crippen LogP contribution < -0.4 is 10.1 Å². The lowest BCUT2D eigenvalue weighted by molar-refractivity contribution is -0.427. The van der Waals surface area contributed by atoms with Gasteiger partial charge < -0.3 is 15.2 Å². The van der Waals surface area contributed by atoms with Crippen LogP contribution in [-0.4, -0.2) is 34.6 Å². The van der Waals surface area contributed by atoms with Crippen LogP contribution in [0.2, 0.25) is 10.0 Å². The van der Waals surface area contributed by atoms with Gasteiger partial charge in [-0.2, -0.15) is 0 Å². The van der Waals surface area contributed by atoms with E-state index in [0.717, 1.165) is 5.56 Å². The van der Waals surface area contributed by atoms with Crippen molar-refractivity contribution in [3.8, 4) is 5.75 Å². The van der Waals surface area contributed by atoms with Crippen LogP contribution in [0.4, 0.5) is 0 Å². The Morgan fingerprint density at radius 2 is 1.88 bits per heavy atom. The highest BCUT2D eigenvalue weighted by atomic mass is 35.5. The van der Waals surface area contributed by atoms with Crippen LogP contribution in [-0.2, 0) is 22.4 Å². The van der Waals surface area contributed by atoms with Gasteiger partial charge in [0.15, 0.2) is 0 Å². The normalized spacial score (nSPS) is 12.2. The fraction of sp³-hybridized carbons (Fsp3) is 0.304. The van der Waals surface area contributed by atoms with Crippen molar-refractivity contribution in [2.24, 2.45) is 0 Å². The summed E-state index contributed by atoms with van der Waals surface area (Å²) < 4.78 is 5.59. The molecule has 0 spiro atoms. The predicted molar refractivity (Wildman–Crippen MR) is 125 cm³/mol. The number of benzene rings is 2. The van der Waals surface area contributed by atoms with Gasteiger partial charge in [-0.15, -0.1) is 0 Å². The highest BCUT2D eigenvalue weighted by Gasteiger charge is 2.20. The third kappa shape index (κ3) is 8.07. The summed E-state index contributed by atoms with van der Waals surface area (Å²) >= 11 is 12.5. The summed E-state index contributed by atoms with van der Waals surface area (Å²) in [5, 5.41) is 23.2. The third-order valence-corrected chi connectivity index (χ3v) is 5.69. The van der Waals surface area contributed by atoms with Crippen LogP contribution in [0.3, 0.4) is 0 Å². The van der Waals surface area contributed by atoms with Crippen molar-refractivity contribution >= 4 is 35.1 Å². The summed E-state index contributed by atoms with van der Waals surface area (Å²) in [6, 6.07) is 11.2. The van der Waals surface area contributed by atoms with Crippen LogP contribution >= 0.6 is 23.2 Å². The number of allylic oxidation sites excluding steroid dienone is 2. The number of amides is 1. The lowest BCUT2D eigenvalue weighted by atomic mass is 10.1. The fourth-order valence-corrected chi connectivity index (χ4v) is 3.48. The molecule has 2 aromatic carbocycles. The number of nitro groups is 1. The number of carbonyl (C=O) groups is 2. The molecule has 0 radical (unpaired) electrons. The number of halogens is 2. The van der Waals surface area contributed by atoms with Gasteiger partial charge in [-0.3, -0.25) is 14.9 Å². The second kappa shape index (κ2) is 12.8. The van der Waals surface area contributed by atoms with Crippen LogP contribution in [0.1, 0.15) is 30.9 Å². The molecule has 1 atom stereocenters. The molecule has 0 aliphatic carbocycles. The minimum atomic E-state index is -1.11. The molecule has 0 heterocycles. The zero-order valence-electron chi connectivity index (χ0n) is 17.9. The Balaban J connectivity index is 1.86. The predicted octanol–water partition coefficient (Wildman–Crippen LogP) is 4.69. The van der Waals surface area contributed by atoms with Crippen molar-refractivity contribution in [1.82, 2.24) is 5.32 Å². The number of carbonyl (C=O) groups excluding carboxylic acids is 1. The van der Waals surface area contributed by atoms with Crippen molar-refractivity contribution in [3.63, 3.8) is 0 Å². The maximum absolute atomic E-state index is 12.2. The average Bonchev–Trinajstić information content (AvgIpc) is 2.78. The molecule has 8 nitrogen and oxygen atoms in total. The van der Waals surface area contributed by atoms with Gasteiger partial charge >= 0.3 is 5.97 Å². The molecule has 0 aliphatic heterocycles. The molecule has 0 bridgehead atoms. The molecular weight excluding hydrogens is 471 g/mol. The molecule has 0 aromatic heterocycles.